The third-order valence-corrected chi connectivity index (χ3v) is 7.89. The lowest BCUT2D eigenvalue weighted by atomic mass is 9.85. The Kier molecular flexibility index (Phi) is 13.8. The van der Waals surface area contributed by atoms with E-state index in [0.29, 0.717) is 45.6 Å². The standard InChI is InChI=1S/C33H51N3O6/c1-25(21-38-4)22-39-23-26-6-9-28(10-7-26)33-31(40-16-12-34-2)19-35-20-32(33)42-24-27-8-11-30-29(18-27)36(14-17-41-30)13-5-15-37-3/h6-11,18,25,31-35H,5,12-17,19-24H2,1-4H3/t25-,31+,32-,33-/m0/s1. The second-order valence-electron chi connectivity index (χ2n) is 11.3. The molecule has 0 aliphatic carbocycles. The van der Waals surface area contributed by atoms with Gasteiger partial charge < -0.3 is 44.0 Å². The van der Waals surface area contributed by atoms with E-state index in [-0.39, 0.29) is 18.1 Å². The molecule has 0 amide bonds. The predicted octanol–water partition coefficient (Wildman–Crippen LogP) is 3.60. The van der Waals surface area contributed by atoms with Gasteiger partial charge in [0, 0.05) is 58.8 Å². The van der Waals surface area contributed by atoms with Crippen molar-refractivity contribution in [3.63, 3.8) is 0 Å². The molecule has 0 spiro atoms. The summed E-state index contributed by atoms with van der Waals surface area (Å²) in [5.41, 5.74) is 4.67. The maximum atomic E-state index is 6.67. The third kappa shape index (κ3) is 9.64. The molecule has 2 aliphatic heterocycles. The highest BCUT2D eigenvalue weighted by atomic mass is 16.5. The molecule has 2 aliphatic rings. The normalized spacial score (nSPS) is 21.1. The number of hydrogen-bond donors (Lipinski definition) is 2. The summed E-state index contributed by atoms with van der Waals surface area (Å²) in [4.78, 5) is 2.39. The van der Waals surface area contributed by atoms with Gasteiger partial charge >= 0.3 is 0 Å². The van der Waals surface area contributed by atoms with Crippen LogP contribution in [0.2, 0.25) is 0 Å². The van der Waals surface area contributed by atoms with Crippen LogP contribution in [0.3, 0.4) is 0 Å². The van der Waals surface area contributed by atoms with Crippen molar-refractivity contribution in [2.24, 2.45) is 5.92 Å². The maximum Gasteiger partial charge on any atom is 0.142 e. The fourth-order valence-electron chi connectivity index (χ4n) is 5.72. The van der Waals surface area contributed by atoms with Crippen LogP contribution < -0.4 is 20.3 Å². The Hall–Kier alpha value is -2.24. The van der Waals surface area contributed by atoms with Crippen LogP contribution in [-0.2, 0) is 36.9 Å². The second-order valence-corrected chi connectivity index (χ2v) is 11.3. The van der Waals surface area contributed by atoms with Gasteiger partial charge in [0.2, 0.25) is 0 Å². The van der Waals surface area contributed by atoms with Crippen LogP contribution in [-0.4, -0.2) is 99.2 Å². The topological polar surface area (TPSA) is 82.7 Å². The Balaban J connectivity index is 1.43. The number of nitrogens with one attached hydrogen (secondary N) is 2. The first-order valence-electron chi connectivity index (χ1n) is 15.4. The monoisotopic (exact) mass is 585 g/mol. The predicted molar refractivity (Wildman–Crippen MR) is 166 cm³/mol. The first-order valence-corrected chi connectivity index (χ1v) is 15.4. The number of piperidine rings is 1. The van der Waals surface area contributed by atoms with Gasteiger partial charge in [-0.15, -0.1) is 0 Å². The minimum atomic E-state index is -0.0274. The van der Waals surface area contributed by atoms with E-state index in [1.807, 2.05) is 7.05 Å². The summed E-state index contributed by atoms with van der Waals surface area (Å²) in [6, 6.07) is 15.2. The summed E-state index contributed by atoms with van der Waals surface area (Å²) in [6.45, 7) is 11.0. The van der Waals surface area contributed by atoms with Crippen LogP contribution in [0.25, 0.3) is 0 Å². The quantitative estimate of drug-likeness (QED) is 0.255. The van der Waals surface area contributed by atoms with Crippen molar-refractivity contribution < 1.29 is 28.4 Å². The fourth-order valence-corrected chi connectivity index (χ4v) is 5.72. The third-order valence-electron chi connectivity index (χ3n) is 7.89. The highest BCUT2D eigenvalue weighted by molar-refractivity contribution is 5.61. The Morgan fingerprint density at radius 1 is 0.952 bits per heavy atom. The van der Waals surface area contributed by atoms with E-state index in [9.17, 15) is 0 Å². The van der Waals surface area contributed by atoms with Crippen molar-refractivity contribution in [1.29, 1.82) is 0 Å². The smallest absolute Gasteiger partial charge is 0.142 e. The molecule has 9 nitrogen and oxygen atoms in total. The van der Waals surface area contributed by atoms with Gasteiger partial charge in [0.15, 0.2) is 0 Å². The van der Waals surface area contributed by atoms with E-state index < -0.39 is 0 Å². The molecule has 4 atom stereocenters. The van der Waals surface area contributed by atoms with Crippen molar-refractivity contribution in [1.82, 2.24) is 10.6 Å². The van der Waals surface area contributed by atoms with E-state index in [4.69, 9.17) is 28.4 Å². The zero-order chi connectivity index (χ0) is 29.6. The number of likely N-dealkylation sites (N-methyl/N-ethyl adjacent to an activating group) is 1. The average Bonchev–Trinajstić information content (AvgIpc) is 3.01. The maximum absolute atomic E-state index is 6.67. The number of methoxy groups -OCH3 is 2. The van der Waals surface area contributed by atoms with Crippen molar-refractivity contribution in [3.8, 4) is 5.75 Å². The summed E-state index contributed by atoms with van der Waals surface area (Å²) >= 11 is 0. The van der Waals surface area contributed by atoms with E-state index in [2.05, 4.69) is 64.9 Å². The minimum Gasteiger partial charge on any atom is -0.490 e. The Morgan fingerprint density at radius 3 is 2.50 bits per heavy atom. The molecule has 0 unspecified atom stereocenters. The molecular weight excluding hydrogens is 534 g/mol. The summed E-state index contributed by atoms with van der Waals surface area (Å²) < 4.78 is 35.4. The Bertz CT molecular complexity index is 1040. The molecule has 2 heterocycles. The highest BCUT2D eigenvalue weighted by Gasteiger charge is 2.36. The lowest BCUT2D eigenvalue weighted by molar-refractivity contribution is -0.0589. The number of benzene rings is 2. The molecule has 4 rings (SSSR count). The minimum absolute atomic E-state index is 0.0160. The lowest BCUT2D eigenvalue weighted by Crippen LogP contribution is -2.51. The molecule has 0 radical (unpaired) electrons. The average molecular weight is 586 g/mol. The van der Waals surface area contributed by atoms with Gasteiger partial charge in [-0.2, -0.15) is 0 Å². The summed E-state index contributed by atoms with van der Waals surface area (Å²) in [5.74, 6) is 1.43. The molecule has 9 heteroatoms. The Morgan fingerprint density at radius 2 is 1.74 bits per heavy atom. The molecular formula is C33H51N3O6. The summed E-state index contributed by atoms with van der Waals surface area (Å²) in [7, 11) is 5.43. The number of fused-ring (bicyclic) bond motifs is 1. The van der Waals surface area contributed by atoms with Crippen molar-refractivity contribution in [2.45, 2.75) is 44.7 Å². The molecule has 2 aromatic carbocycles. The van der Waals surface area contributed by atoms with Crippen molar-refractivity contribution in [3.05, 3.63) is 59.2 Å². The highest BCUT2D eigenvalue weighted by Crippen LogP contribution is 2.34. The molecule has 0 saturated carbocycles. The summed E-state index contributed by atoms with van der Waals surface area (Å²) in [6.07, 6.45) is 0.974. The lowest BCUT2D eigenvalue weighted by Gasteiger charge is -2.39. The molecule has 2 aromatic rings. The van der Waals surface area contributed by atoms with Crippen molar-refractivity contribution >= 4 is 5.69 Å². The SMILES string of the molecule is CNCCO[C@@H]1CNC[C@H](OCc2ccc3c(c2)N(CCCOC)CCO3)[C@H]1c1ccc(COC[C@@H](C)COC)cc1. The number of rotatable bonds is 18. The first-order chi connectivity index (χ1) is 20.6. The van der Waals surface area contributed by atoms with Crippen LogP contribution in [0.4, 0.5) is 5.69 Å². The van der Waals surface area contributed by atoms with Gasteiger partial charge in [0.05, 0.1) is 57.5 Å². The molecule has 1 saturated heterocycles. The van der Waals surface area contributed by atoms with E-state index >= 15 is 0 Å². The zero-order valence-electron chi connectivity index (χ0n) is 25.9. The van der Waals surface area contributed by atoms with Gasteiger partial charge in [-0.1, -0.05) is 37.3 Å². The van der Waals surface area contributed by atoms with E-state index in [1.165, 1.54) is 5.56 Å². The first kappa shape index (κ1) is 32.7. The van der Waals surface area contributed by atoms with Crippen LogP contribution >= 0.6 is 0 Å². The number of hydrogen-bond acceptors (Lipinski definition) is 9. The van der Waals surface area contributed by atoms with Crippen molar-refractivity contribution in [2.75, 3.05) is 91.9 Å². The molecule has 234 valence electrons. The fraction of sp³-hybridized carbons (Fsp3) is 0.636. The molecule has 0 bridgehead atoms. The number of anilines is 1. The van der Waals surface area contributed by atoms with Gasteiger partial charge in [0.1, 0.15) is 12.4 Å². The summed E-state index contributed by atoms with van der Waals surface area (Å²) in [5, 5.41) is 6.74. The largest absolute Gasteiger partial charge is 0.490 e. The van der Waals surface area contributed by atoms with E-state index in [0.717, 1.165) is 68.3 Å². The second kappa shape index (κ2) is 17.8. The van der Waals surface area contributed by atoms with Gasteiger partial charge in [-0.25, -0.2) is 0 Å². The van der Waals surface area contributed by atoms with Gasteiger partial charge in [-0.05, 0) is 42.3 Å². The van der Waals surface area contributed by atoms with Gasteiger partial charge in [0.25, 0.3) is 0 Å². The van der Waals surface area contributed by atoms with Crippen LogP contribution in [0.15, 0.2) is 42.5 Å². The molecule has 2 N–H and O–H groups in total. The molecule has 1 fully saturated rings. The number of nitrogens with zero attached hydrogens (tertiary/aromatic N) is 1. The van der Waals surface area contributed by atoms with Crippen LogP contribution in [0, 0.1) is 5.92 Å². The zero-order valence-corrected chi connectivity index (χ0v) is 25.9. The molecule has 42 heavy (non-hydrogen) atoms. The Labute approximate surface area is 252 Å². The van der Waals surface area contributed by atoms with Gasteiger partial charge in [-0.3, -0.25) is 0 Å². The van der Waals surface area contributed by atoms with E-state index in [1.54, 1.807) is 14.2 Å². The van der Waals surface area contributed by atoms with Crippen LogP contribution in [0.1, 0.15) is 36.0 Å². The van der Waals surface area contributed by atoms with Crippen LogP contribution in [0.5, 0.6) is 5.75 Å². The molecule has 0 aromatic heterocycles. The number of ether oxygens (including phenoxy) is 6.